The zero-order valence-electron chi connectivity index (χ0n) is 11.3. The molecule has 0 spiro atoms. The Morgan fingerprint density at radius 3 is 3.16 bits per heavy atom. The van der Waals surface area contributed by atoms with E-state index in [1.165, 1.54) is 0 Å². The fourth-order valence-electron chi connectivity index (χ4n) is 2.07. The van der Waals surface area contributed by atoms with Crippen molar-refractivity contribution in [1.29, 1.82) is 0 Å². The summed E-state index contributed by atoms with van der Waals surface area (Å²) in [5, 5.41) is 3.14. The first-order chi connectivity index (χ1) is 9.29. The first-order valence-electron chi connectivity index (χ1n) is 6.77. The zero-order chi connectivity index (χ0) is 13.5. The average molecular weight is 264 g/mol. The van der Waals surface area contributed by atoms with E-state index in [1.807, 2.05) is 11.8 Å². The Balaban J connectivity index is 1.70. The zero-order valence-corrected chi connectivity index (χ0v) is 11.3. The van der Waals surface area contributed by atoms with E-state index in [1.54, 1.807) is 12.3 Å². The normalized spacial score (nSPS) is 14.8. The van der Waals surface area contributed by atoms with Gasteiger partial charge in [-0.05, 0) is 19.8 Å². The molecule has 0 radical (unpaired) electrons. The molecule has 0 aliphatic carbocycles. The second kappa shape index (κ2) is 6.92. The van der Waals surface area contributed by atoms with Gasteiger partial charge in [0.05, 0.1) is 6.61 Å². The quantitative estimate of drug-likeness (QED) is 0.752. The van der Waals surface area contributed by atoms with Crippen LogP contribution in [0.15, 0.2) is 12.3 Å². The van der Waals surface area contributed by atoms with Crippen LogP contribution in [0.3, 0.4) is 0 Å². The summed E-state index contributed by atoms with van der Waals surface area (Å²) in [5.41, 5.74) is 0. The molecule has 1 aromatic heterocycles. The number of nitrogens with zero attached hydrogens (tertiary/aromatic N) is 3. The van der Waals surface area contributed by atoms with Crippen LogP contribution in [0.2, 0.25) is 0 Å². The summed E-state index contributed by atoms with van der Waals surface area (Å²) in [7, 11) is 0. The first kappa shape index (κ1) is 13.6. The molecule has 1 aliphatic rings. The van der Waals surface area contributed by atoms with Gasteiger partial charge in [0.2, 0.25) is 17.7 Å². The molecule has 1 amide bonds. The summed E-state index contributed by atoms with van der Waals surface area (Å²) in [6.45, 7) is 4.96. The molecule has 1 aliphatic heterocycles. The molecule has 1 saturated heterocycles. The highest BCUT2D eigenvalue weighted by Crippen LogP contribution is 2.10. The first-order valence-corrected chi connectivity index (χ1v) is 6.77. The van der Waals surface area contributed by atoms with Crippen LogP contribution in [0.1, 0.15) is 26.2 Å². The van der Waals surface area contributed by atoms with Gasteiger partial charge in [-0.2, -0.15) is 4.98 Å². The van der Waals surface area contributed by atoms with Crippen LogP contribution < -0.4 is 10.1 Å². The van der Waals surface area contributed by atoms with E-state index in [9.17, 15) is 4.79 Å². The van der Waals surface area contributed by atoms with Gasteiger partial charge in [-0.3, -0.25) is 4.79 Å². The van der Waals surface area contributed by atoms with Crippen molar-refractivity contribution in [1.82, 2.24) is 14.9 Å². The molecular formula is C13H20N4O2. The Bertz CT molecular complexity index is 425. The maximum absolute atomic E-state index is 11.4. The van der Waals surface area contributed by atoms with Crippen LogP contribution in [0.25, 0.3) is 0 Å². The van der Waals surface area contributed by atoms with Crippen LogP contribution in [0.4, 0.5) is 5.95 Å². The number of likely N-dealkylation sites (tertiary alicyclic amines) is 1. The van der Waals surface area contributed by atoms with Crippen molar-refractivity contribution in [2.24, 2.45) is 0 Å². The average Bonchev–Trinajstić information content (AvgIpc) is 2.81. The minimum Gasteiger partial charge on any atom is -0.478 e. The Labute approximate surface area is 113 Å². The third kappa shape index (κ3) is 4.08. The number of carbonyl (C=O) groups is 1. The van der Waals surface area contributed by atoms with Gasteiger partial charge in [-0.1, -0.05) is 0 Å². The van der Waals surface area contributed by atoms with Gasteiger partial charge in [-0.25, -0.2) is 4.98 Å². The molecule has 2 rings (SSSR count). The molecule has 1 N–H and O–H groups in total. The lowest BCUT2D eigenvalue weighted by molar-refractivity contribution is -0.127. The summed E-state index contributed by atoms with van der Waals surface area (Å²) in [6, 6.07) is 1.73. The fourth-order valence-corrected chi connectivity index (χ4v) is 2.07. The summed E-state index contributed by atoms with van der Waals surface area (Å²) in [6.07, 6.45) is 4.26. The lowest BCUT2D eigenvalue weighted by Gasteiger charge is -2.15. The van der Waals surface area contributed by atoms with Crippen molar-refractivity contribution in [3.8, 4) is 5.88 Å². The van der Waals surface area contributed by atoms with E-state index in [0.717, 1.165) is 32.5 Å². The Kier molecular flexibility index (Phi) is 4.94. The van der Waals surface area contributed by atoms with Crippen molar-refractivity contribution < 1.29 is 9.53 Å². The minimum absolute atomic E-state index is 0.273. The van der Waals surface area contributed by atoms with Gasteiger partial charge in [-0.15, -0.1) is 0 Å². The summed E-state index contributed by atoms with van der Waals surface area (Å²) < 4.78 is 5.30. The van der Waals surface area contributed by atoms with Gasteiger partial charge in [0, 0.05) is 38.3 Å². The smallest absolute Gasteiger partial charge is 0.225 e. The molecule has 2 heterocycles. The predicted molar refractivity (Wildman–Crippen MR) is 72.1 cm³/mol. The standard InChI is InChI=1S/C13H20N4O2/c1-2-19-11-6-8-15-13(16-11)14-7-4-10-17-9-3-5-12(17)18/h6,8H,2-5,7,9-10H2,1H3,(H,14,15,16). The largest absolute Gasteiger partial charge is 0.478 e. The highest BCUT2D eigenvalue weighted by molar-refractivity contribution is 5.77. The van der Waals surface area contributed by atoms with Crippen molar-refractivity contribution >= 4 is 11.9 Å². The molecule has 6 heteroatoms. The third-order valence-electron chi connectivity index (χ3n) is 2.98. The third-order valence-corrected chi connectivity index (χ3v) is 2.98. The summed E-state index contributed by atoms with van der Waals surface area (Å²) in [5.74, 6) is 1.42. The van der Waals surface area contributed by atoms with Gasteiger partial charge in [0.1, 0.15) is 0 Å². The molecule has 6 nitrogen and oxygen atoms in total. The monoisotopic (exact) mass is 264 g/mol. The lowest BCUT2D eigenvalue weighted by atomic mass is 10.4. The Morgan fingerprint density at radius 2 is 2.42 bits per heavy atom. The van der Waals surface area contributed by atoms with Gasteiger partial charge < -0.3 is 15.0 Å². The molecule has 1 fully saturated rings. The van der Waals surface area contributed by atoms with E-state index in [4.69, 9.17) is 4.74 Å². The number of nitrogens with one attached hydrogen (secondary N) is 1. The molecule has 0 unspecified atom stereocenters. The molecule has 0 saturated carbocycles. The maximum atomic E-state index is 11.4. The Hall–Kier alpha value is -1.85. The Morgan fingerprint density at radius 1 is 1.53 bits per heavy atom. The number of aromatic nitrogens is 2. The number of ether oxygens (including phenoxy) is 1. The maximum Gasteiger partial charge on any atom is 0.225 e. The van der Waals surface area contributed by atoms with Gasteiger partial charge in [0.25, 0.3) is 0 Å². The van der Waals surface area contributed by atoms with Crippen LogP contribution in [0.5, 0.6) is 5.88 Å². The second-order valence-electron chi connectivity index (χ2n) is 4.42. The second-order valence-corrected chi connectivity index (χ2v) is 4.42. The molecule has 0 bridgehead atoms. The number of amides is 1. The van der Waals surface area contributed by atoms with Crippen molar-refractivity contribution in [2.75, 3.05) is 31.6 Å². The molecule has 0 atom stereocenters. The van der Waals surface area contributed by atoms with E-state index in [-0.39, 0.29) is 5.91 Å². The highest BCUT2D eigenvalue weighted by atomic mass is 16.5. The van der Waals surface area contributed by atoms with Crippen molar-refractivity contribution in [2.45, 2.75) is 26.2 Å². The predicted octanol–water partition coefficient (Wildman–Crippen LogP) is 1.30. The number of anilines is 1. The van der Waals surface area contributed by atoms with E-state index in [2.05, 4.69) is 15.3 Å². The van der Waals surface area contributed by atoms with E-state index >= 15 is 0 Å². The van der Waals surface area contributed by atoms with Gasteiger partial charge in [0.15, 0.2) is 0 Å². The fraction of sp³-hybridized carbons (Fsp3) is 0.615. The summed E-state index contributed by atoms with van der Waals surface area (Å²) in [4.78, 5) is 21.7. The molecule has 1 aromatic rings. The topological polar surface area (TPSA) is 67.3 Å². The van der Waals surface area contributed by atoms with Crippen LogP contribution in [0, 0.1) is 0 Å². The minimum atomic E-state index is 0.273. The van der Waals surface area contributed by atoms with Gasteiger partial charge >= 0.3 is 0 Å². The van der Waals surface area contributed by atoms with Crippen molar-refractivity contribution in [3.05, 3.63) is 12.3 Å². The number of rotatable bonds is 7. The summed E-state index contributed by atoms with van der Waals surface area (Å²) >= 11 is 0. The number of hydrogen-bond acceptors (Lipinski definition) is 5. The van der Waals surface area contributed by atoms with Crippen LogP contribution >= 0.6 is 0 Å². The SMILES string of the molecule is CCOc1ccnc(NCCCN2CCCC2=O)n1. The van der Waals surface area contributed by atoms with Crippen LogP contribution in [-0.2, 0) is 4.79 Å². The highest BCUT2D eigenvalue weighted by Gasteiger charge is 2.18. The van der Waals surface area contributed by atoms with E-state index in [0.29, 0.717) is 24.9 Å². The molecule has 19 heavy (non-hydrogen) atoms. The number of hydrogen-bond donors (Lipinski definition) is 1. The molecule has 104 valence electrons. The number of carbonyl (C=O) groups excluding carboxylic acids is 1. The lowest BCUT2D eigenvalue weighted by Crippen LogP contribution is -2.27. The molecule has 0 aromatic carbocycles. The van der Waals surface area contributed by atoms with Crippen LogP contribution in [-0.4, -0.2) is 47.0 Å². The molecular weight excluding hydrogens is 244 g/mol. The van der Waals surface area contributed by atoms with E-state index < -0.39 is 0 Å². The van der Waals surface area contributed by atoms with Crippen molar-refractivity contribution in [3.63, 3.8) is 0 Å².